The van der Waals surface area contributed by atoms with Gasteiger partial charge in [0.25, 0.3) is 0 Å². The van der Waals surface area contributed by atoms with Gasteiger partial charge in [-0.1, -0.05) is 42.5 Å². The number of phenolic OH excluding ortho intramolecular Hbond substituents is 2. The second-order valence-corrected chi connectivity index (χ2v) is 9.23. The molecule has 0 aromatic heterocycles. The van der Waals surface area contributed by atoms with Crippen molar-refractivity contribution in [3.63, 3.8) is 0 Å². The van der Waals surface area contributed by atoms with Crippen LogP contribution in [-0.4, -0.2) is 51.7 Å². The third-order valence-electron chi connectivity index (χ3n) is 6.77. The van der Waals surface area contributed by atoms with E-state index in [0.29, 0.717) is 36.3 Å². The molecule has 4 rings (SSSR count). The van der Waals surface area contributed by atoms with Gasteiger partial charge in [-0.2, -0.15) is 0 Å². The zero-order chi connectivity index (χ0) is 24.4. The predicted octanol–water partition coefficient (Wildman–Crippen LogP) is 4.61. The van der Waals surface area contributed by atoms with Crippen LogP contribution in [0.25, 0.3) is 0 Å². The molecule has 0 radical (unpaired) electrons. The molecule has 0 saturated carbocycles. The highest BCUT2D eigenvalue weighted by Gasteiger charge is 2.44. The molecule has 0 unspecified atom stereocenters. The molecule has 1 saturated heterocycles. The van der Waals surface area contributed by atoms with Gasteiger partial charge in [-0.05, 0) is 54.8 Å². The predicted molar refractivity (Wildman–Crippen MR) is 129 cm³/mol. The van der Waals surface area contributed by atoms with Crippen LogP contribution in [0.1, 0.15) is 45.8 Å². The number of phenols is 2. The fraction of sp³-hybridized carbons (Fsp3) is 0.321. The first-order chi connectivity index (χ1) is 16.3. The first-order valence-electron chi connectivity index (χ1n) is 11.5. The Hall–Kier alpha value is -3.22. The molecule has 178 valence electrons. The van der Waals surface area contributed by atoms with Crippen LogP contribution >= 0.6 is 0 Å². The quantitative estimate of drug-likeness (QED) is 0.465. The molecule has 0 amide bonds. The lowest BCUT2D eigenvalue weighted by Gasteiger charge is -2.45. The van der Waals surface area contributed by atoms with Gasteiger partial charge in [0.2, 0.25) is 0 Å². The molecule has 0 bridgehead atoms. The first-order valence-corrected chi connectivity index (χ1v) is 11.5. The molecule has 3 N–H and O–H groups in total. The van der Waals surface area contributed by atoms with Crippen molar-refractivity contribution in [2.75, 3.05) is 19.6 Å². The Kier molecular flexibility index (Phi) is 7.00. The topological polar surface area (TPSA) is 81.0 Å². The molecule has 34 heavy (non-hydrogen) atoms. The van der Waals surface area contributed by atoms with Crippen molar-refractivity contribution < 1.29 is 24.5 Å². The Labute approximate surface area is 199 Å². The van der Waals surface area contributed by atoms with E-state index in [2.05, 4.69) is 0 Å². The van der Waals surface area contributed by atoms with E-state index < -0.39 is 17.9 Å². The SMILES string of the molecule is Cc1c(F)cccc1[C@H]1[C@@H](C(=O)c2cccc(O)c2)CN(C[C@@H](C)O)C[C@@H]1c1ccccc1O. The maximum atomic E-state index is 14.7. The first kappa shape index (κ1) is 23.9. The largest absolute Gasteiger partial charge is 0.508 e. The van der Waals surface area contributed by atoms with Crippen molar-refractivity contribution in [1.82, 2.24) is 4.90 Å². The van der Waals surface area contributed by atoms with Crippen LogP contribution in [-0.2, 0) is 0 Å². The van der Waals surface area contributed by atoms with E-state index in [4.69, 9.17) is 0 Å². The Morgan fingerprint density at radius 2 is 1.74 bits per heavy atom. The highest BCUT2D eigenvalue weighted by Crippen LogP contribution is 2.47. The fourth-order valence-corrected chi connectivity index (χ4v) is 5.29. The third kappa shape index (κ3) is 4.83. The van der Waals surface area contributed by atoms with E-state index in [1.54, 1.807) is 44.2 Å². The number of benzene rings is 3. The van der Waals surface area contributed by atoms with Crippen LogP contribution in [0, 0.1) is 18.7 Å². The number of aliphatic hydroxyl groups excluding tert-OH is 1. The molecule has 1 fully saturated rings. The summed E-state index contributed by atoms with van der Waals surface area (Å²) in [6, 6.07) is 18.2. The summed E-state index contributed by atoms with van der Waals surface area (Å²) < 4.78 is 14.7. The van der Waals surface area contributed by atoms with Gasteiger partial charge >= 0.3 is 0 Å². The number of hydrogen-bond donors (Lipinski definition) is 3. The van der Waals surface area contributed by atoms with Crippen LogP contribution in [0.4, 0.5) is 4.39 Å². The Morgan fingerprint density at radius 1 is 1.03 bits per heavy atom. The number of rotatable bonds is 6. The minimum Gasteiger partial charge on any atom is -0.508 e. The van der Waals surface area contributed by atoms with Crippen molar-refractivity contribution >= 4 is 5.78 Å². The summed E-state index contributed by atoms with van der Waals surface area (Å²) in [4.78, 5) is 15.9. The van der Waals surface area contributed by atoms with Gasteiger partial charge in [0.05, 0.1) is 6.10 Å². The van der Waals surface area contributed by atoms with Crippen LogP contribution in [0.5, 0.6) is 11.5 Å². The number of carbonyl (C=O) groups excluding carboxylic acids is 1. The Morgan fingerprint density at radius 3 is 2.44 bits per heavy atom. The van der Waals surface area contributed by atoms with E-state index in [9.17, 15) is 24.5 Å². The fourth-order valence-electron chi connectivity index (χ4n) is 5.29. The van der Waals surface area contributed by atoms with Gasteiger partial charge in [-0.25, -0.2) is 4.39 Å². The van der Waals surface area contributed by atoms with E-state index in [1.165, 1.54) is 18.2 Å². The Bertz CT molecular complexity index is 1180. The molecule has 1 aliphatic rings. The normalized spacial score (nSPS) is 21.8. The van der Waals surface area contributed by atoms with Crippen molar-refractivity contribution in [2.45, 2.75) is 31.8 Å². The number of halogens is 1. The van der Waals surface area contributed by atoms with Gasteiger partial charge in [0.1, 0.15) is 17.3 Å². The molecule has 3 aromatic rings. The summed E-state index contributed by atoms with van der Waals surface area (Å²) in [7, 11) is 0. The van der Waals surface area contributed by atoms with Gasteiger partial charge < -0.3 is 15.3 Å². The highest BCUT2D eigenvalue weighted by molar-refractivity contribution is 5.99. The summed E-state index contributed by atoms with van der Waals surface area (Å²) in [5.74, 6) is -1.71. The summed E-state index contributed by atoms with van der Waals surface area (Å²) in [5, 5.41) is 30.8. The lowest BCUT2D eigenvalue weighted by molar-refractivity contribution is 0.0590. The average molecular weight is 464 g/mol. The molecule has 0 aliphatic carbocycles. The van der Waals surface area contributed by atoms with Gasteiger partial charge in [-0.15, -0.1) is 0 Å². The molecule has 3 aromatic carbocycles. The second-order valence-electron chi connectivity index (χ2n) is 9.23. The second kappa shape index (κ2) is 9.95. The molecule has 1 aliphatic heterocycles. The van der Waals surface area contributed by atoms with E-state index in [1.807, 2.05) is 23.1 Å². The summed E-state index contributed by atoms with van der Waals surface area (Å²) in [6.07, 6.45) is -0.603. The van der Waals surface area contributed by atoms with Crippen molar-refractivity contribution in [2.24, 2.45) is 5.92 Å². The molecule has 5 nitrogen and oxygen atoms in total. The smallest absolute Gasteiger partial charge is 0.167 e. The number of nitrogens with zero attached hydrogens (tertiary/aromatic N) is 1. The number of hydrogen-bond acceptors (Lipinski definition) is 5. The van der Waals surface area contributed by atoms with Gasteiger partial charge in [0, 0.05) is 43.0 Å². The van der Waals surface area contributed by atoms with E-state index in [0.717, 1.165) is 5.56 Å². The molecule has 1 heterocycles. The number of carbonyl (C=O) groups is 1. The monoisotopic (exact) mass is 463 g/mol. The van der Waals surface area contributed by atoms with Crippen molar-refractivity contribution in [3.05, 3.63) is 94.8 Å². The molecule has 6 heteroatoms. The molecule has 4 atom stereocenters. The molecule has 0 spiro atoms. The van der Waals surface area contributed by atoms with Crippen LogP contribution in [0.15, 0.2) is 66.7 Å². The molecular formula is C28H30FNO4. The molecular weight excluding hydrogens is 433 g/mol. The number of piperidine rings is 1. The zero-order valence-corrected chi connectivity index (χ0v) is 19.4. The number of para-hydroxylation sites is 1. The number of aliphatic hydroxyl groups is 1. The minimum absolute atomic E-state index is 0.00163. The van der Waals surface area contributed by atoms with Gasteiger partial charge in [-0.3, -0.25) is 9.69 Å². The lowest BCUT2D eigenvalue weighted by atomic mass is 9.67. The number of Topliss-reactive ketones (excluding diaryl/α,β-unsaturated/α-hetero) is 1. The maximum Gasteiger partial charge on any atom is 0.167 e. The van der Waals surface area contributed by atoms with E-state index in [-0.39, 0.29) is 29.0 Å². The third-order valence-corrected chi connectivity index (χ3v) is 6.77. The van der Waals surface area contributed by atoms with Crippen molar-refractivity contribution in [1.29, 1.82) is 0 Å². The zero-order valence-electron chi connectivity index (χ0n) is 19.4. The van der Waals surface area contributed by atoms with Crippen LogP contribution in [0.2, 0.25) is 0 Å². The minimum atomic E-state index is -0.603. The highest BCUT2D eigenvalue weighted by atomic mass is 19.1. The summed E-state index contributed by atoms with van der Waals surface area (Å²) in [6.45, 7) is 4.63. The summed E-state index contributed by atoms with van der Waals surface area (Å²) in [5.41, 5.74) is 2.26. The number of β-amino-alcohol motifs (C(OH)–C–C–N with tert-alkyl or cyclic N) is 1. The Balaban J connectivity index is 1.89. The number of ketones is 1. The number of aromatic hydroxyl groups is 2. The summed E-state index contributed by atoms with van der Waals surface area (Å²) >= 11 is 0. The lowest BCUT2D eigenvalue weighted by Crippen LogP contribution is -2.49. The number of likely N-dealkylation sites (tertiary alicyclic amines) is 1. The van der Waals surface area contributed by atoms with E-state index >= 15 is 0 Å². The van der Waals surface area contributed by atoms with Crippen LogP contribution in [0.3, 0.4) is 0 Å². The van der Waals surface area contributed by atoms with Crippen LogP contribution < -0.4 is 0 Å². The maximum absolute atomic E-state index is 14.7. The average Bonchev–Trinajstić information content (AvgIpc) is 2.80. The van der Waals surface area contributed by atoms with Crippen molar-refractivity contribution in [3.8, 4) is 11.5 Å². The van der Waals surface area contributed by atoms with Gasteiger partial charge in [0.15, 0.2) is 5.78 Å². The standard InChI is InChI=1S/C28H30FNO4/c1-17(31)14-30-15-23(22-9-3-4-12-26(22)33)27(21-10-6-11-25(29)18(21)2)24(16-30)28(34)19-7-5-8-20(32)13-19/h3-13,17,23-24,27,31-33H,14-16H2,1-2H3/t17-,23-,24+,27-/m1/s1.